The summed E-state index contributed by atoms with van der Waals surface area (Å²) >= 11 is 1.14. The minimum absolute atomic E-state index is 0.199. The number of rotatable bonds is 4. The Kier molecular flexibility index (Phi) is 4.11. The number of thioether (sulfide) groups is 1. The zero-order valence-corrected chi connectivity index (χ0v) is 12.3. The number of aromatic amines is 2. The molecule has 0 unspecified atom stereocenters. The quantitative estimate of drug-likeness (QED) is 0.545. The lowest BCUT2D eigenvalue weighted by atomic mass is 10.1. The number of nitrogens with one attached hydrogen (secondary N) is 2. The Balaban J connectivity index is 2.01. The van der Waals surface area contributed by atoms with Gasteiger partial charge < -0.3 is 4.98 Å². The first-order chi connectivity index (χ1) is 11.2. The number of halogens is 1. The SMILES string of the molecule is N#Cc1c(SCc2nn[nH]n2)nc(=O)[nH]c1-c1ccc(F)cc1. The second-order valence-electron chi connectivity index (χ2n) is 4.33. The van der Waals surface area contributed by atoms with Gasteiger partial charge in [-0.1, -0.05) is 17.0 Å². The summed E-state index contributed by atoms with van der Waals surface area (Å²) in [6, 6.07) is 7.49. The van der Waals surface area contributed by atoms with Crippen LogP contribution in [0, 0.1) is 17.1 Å². The lowest BCUT2D eigenvalue weighted by Crippen LogP contribution is -2.14. The van der Waals surface area contributed by atoms with E-state index < -0.39 is 11.5 Å². The predicted molar refractivity (Wildman–Crippen MR) is 78.7 cm³/mol. The van der Waals surface area contributed by atoms with Gasteiger partial charge in [0.2, 0.25) is 0 Å². The predicted octanol–water partition coefficient (Wildman–Crippen LogP) is 1.25. The maximum Gasteiger partial charge on any atom is 0.346 e. The zero-order valence-electron chi connectivity index (χ0n) is 11.4. The van der Waals surface area contributed by atoms with E-state index in [-0.39, 0.29) is 10.6 Å². The third-order valence-electron chi connectivity index (χ3n) is 2.87. The van der Waals surface area contributed by atoms with Gasteiger partial charge in [-0.15, -0.1) is 10.2 Å². The molecular formula is C13H8FN7OS. The molecule has 8 nitrogen and oxygen atoms in total. The summed E-state index contributed by atoms with van der Waals surface area (Å²) in [6.45, 7) is 0. The van der Waals surface area contributed by atoms with Gasteiger partial charge in [0, 0.05) is 0 Å². The smallest absolute Gasteiger partial charge is 0.304 e. The topological polar surface area (TPSA) is 124 Å². The summed E-state index contributed by atoms with van der Waals surface area (Å²) in [5.74, 6) is 0.310. The van der Waals surface area contributed by atoms with E-state index in [9.17, 15) is 14.4 Å². The standard InChI is InChI=1S/C13H8FN7OS/c14-8-3-1-7(2-4-8)11-9(5-15)12(17-13(22)16-11)23-6-10-18-20-21-19-10/h1-4H,6H2,(H,16,17,22)(H,18,19,20,21). The summed E-state index contributed by atoms with van der Waals surface area (Å²) in [6.07, 6.45) is 0. The molecule has 0 aliphatic carbocycles. The number of nitrogens with zero attached hydrogens (tertiary/aromatic N) is 5. The van der Waals surface area contributed by atoms with Crippen LogP contribution < -0.4 is 5.69 Å². The lowest BCUT2D eigenvalue weighted by molar-refractivity contribution is 0.628. The molecule has 1 aromatic carbocycles. The third kappa shape index (κ3) is 3.24. The molecule has 0 atom stereocenters. The van der Waals surface area contributed by atoms with E-state index in [0.29, 0.717) is 22.8 Å². The maximum absolute atomic E-state index is 13.0. The number of tetrazole rings is 1. The van der Waals surface area contributed by atoms with E-state index in [0.717, 1.165) is 11.8 Å². The Morgan fingerprint density at radius 1 is 1.30 bits per heavy atom. The van der Waals surface area contributed by atoms with E-state index >= 15 is 0 Å². The molecule has 0 saturated heterocycles. The van der Waals surface area contributed by atoms with E-state index in [2.05, 4.69) is 30.6 Å². The Morgan fingerprint density at radius 2 is 2.09 bits per heavy atom. The van der Waals surface area contributed by atoms with Gasteiger partial charge in [0.25, 0.3) is 0 Å². The van der Waals surface area contributed by atoms with Crippen molar-refractivity contribution in [2.45, 2.75) is 10.8 Å². The largest absolute Gasteiger partial charge is 0.346 e. The summed E-state index contributed by atoms with van der Waals surface area (Å²) in [5, 5.41) is 23.0. The molecule has 3 aromatic rings. The highest BCUT2D eigenvalue weighted by Crippen LogP contribution is 2.28. The highest BCUT2D eigenvalue weighted by atomic mass is 32.2. The highest BCUT2D eigenvalue weighted by molar-refractivity contribution is 7.98. The molecular weight excluding hydrogens is 321 g/mol. The van der Waals surface area contributed by atoms with Gasteiger partial charge in [-0.05, 0) is 29.8 Å². The van der Waals surface area contributed by atoms with Crippen molar-refractivity contribution < 1.29 is 4.39 Å². The van der Waals surface area contributed by atoms with Crippen molar-refractivity contribution in [3.8, 4) is 17.3 Å². The molecule has 3 rings (SSSR count). The molecule has 0 bridgehead atoms. The van der Waals surface area contributed by atoms with Crippen molar-refractivity contribution in [2.24, 2.45) is 0 Å². The van der Waals surface area contributed by atoms with Crippen LogP contribution in [-0.2, 0) is 5.75 Å². The number of benzene rings is 1. The fraction of sp³-hybridized carbons (Fsp3) is 0.0769. The average Bonchev–Trinajstić information content (AvgIpc) is 3.06. The molecule has 0 saturated carbocycles. The molecule has 0 aliphatic rings. The molecule has 23 heavy (non-hydrogen) atoms. The van der Waals surface area contributed by atoms with Crippen LogP contribution in [0.4, 0.5) is 4.39 Å². The van der Waals surface area contributed by atoms with E-state index in [1.165, 1.54) is 24.3 Å². The van der Waals surface area contributed by atoms with Gasteiger partial charge in [0.15, 0.2) is 5.82 Å². The van der Waals surface area contributed by atoms with Crippen molar-refractivity contribution >= 4 is 11.8 Å². The normalized spacial score (nSPS) is 10.4. The molecule has 0 aliphatic heterocycles. The number of aromatic nitrogens is 6. The van der Waals surface area contributed by atoms with Gasteiger partial charge in [-0.25, -0.2) is 9.18 Å². The van der Waals surface area contributed by atoms with Crippen molar-refractivity contribution in [3.63, 3.8) is 0 Å². The average molecular weight is 329 g/mol. The van der Waals surface area contributed by atoms with Crippen LogP contribution in [0.2, 0.25) is 0 Å². The lowest BCUT2D eigenvalue weighted by Gasteiger charge is -2.07. The first-order valence-electron chi connectivity index (χ1n) is 6.33. The Bertz CT molecular complexity index is 915. The van der Waals surface area contributed by atoms with Gasteiger partial charge in [0.1, 0.15) is 22.5 Å². The molecule has 2 aromatic heterocycles. The van der Waals surface area contributed by atoms with Gasteiger partial charge in [0.05, 0.1) is 11.4 Å². The number of nitriles is 1. The summed E-state index contributed by atoms with van der Waals surface area (Å²) in [4.78, 5) is 18.1. The fourth-order valence-electron chi connectivity index (χ4n) is 1.87. The molecule has 0 radical (unpaired) electrons. The Morgan fingerprint density at radius 3 is 2.74 bits per heavy atom. The minimum atomic E-state index is -0.598. The molecule has 2 N–H and O–H groups in total. The highest BCUT2D eigenvalue weighted by Gasteiger charge is 2.15. The van der Waals surface area contributed by atoms with Crippen molar-refractivity contribution in [1.82, 2.24) is 30.6 Å². The van der Waals surface area contributed by atoms with Crippen LogP contribution >= 0.6 is 11.8 Å². The third-order valence-corrected chi connectivity index (χ3v) is 3.84. The van der Waals surface area contributed by atoms with Crippen LogP contribution in [0.3, 0.4) is 0 Å². The molecule has 0 spiro atoms. The number of hydrogen-bond donors (Lipinski definition) is 2. The Hall–Kier alpha value is -3.06. The van der Waals surface area contributed by atoms with Gasteiger partial charge >= 0.3 is 5.69 Å². The van der Waals surface area contributed by atoms with Gasteiger partial charge in [-0.2, -0.15) is 15.5 Å². The van der Waals surface area contributed by atoms with Crippen LogP contribution in [0.5, 0.6) is 0 Å². The van der Waals surface area contributed by atoms with Crippen molar-refractivity contribution in [2.75, 3.05) is 0 Å². The van der Waals surface area contributed by atoms with Crippen LogP contribution in [0.15, 0.2) is 34.1 Å². The van der Waals surface area contributed by atoms with Crippen LogP contribution in [-0.4, -0.2) is 30.6 Å². The molecule has 10 heteroatoms. The van der Waals surface area contributed by atoms with Crippen LogP contribution in [0.25, 0.3) is 11.3 Å². The van der Waals surface area contributed by atoms with Gasteiger partial charge in [-0.3, -0.25) is 0 Å². The second-order valence-corrected chi connectivity index (χ2v) is 5.30. The summed E-state index contributed by atoms with van der Waals surface area (Å²) in [7, 11) is 0. The fourth-order valence-corrected chi connectivity index (χ4v) is 2.70. The maximum atomic E-state index is 13.0. The first kappa shape index (κ1) is 14.9. The molecule has 0 fully saturated rings. The first-order valence-corrected chi connectivity index (χ1v) is 7.31. The number of H-pyrrole nitrogens is 2. The van der Waals surface area contributed by atoms with E-state index in [4.69, 9.17) is 0 Å². The van der Waals surface area contributed by atoms with E-state index in [1.54, 1.807) is 0 Å². The zero-order chi connectivity index (χ0) is 16.2. The van der Waals surface area contributed by atoms with E-state index in [1.807, 2.05) is 6.07 Å². The minimum Gasteiger partial charge on any atom is -0.304 e. The van der Waals surface area contributed by atoms with Crippen LogP contribution in [0.1, 0.15) is 11.4 Å². The van der Waals surface area contributed by atoms with Crippen molar-refractivity contribution in [3.05, 3.63) is 52.0 Å². The van der Waals surface area contributed by atoms with Crippen molar-refractivity contribution in [1.29, 1.82) is 5.26 Å². The second kappa shape index (κ2) is 6.37. The summed E-state index contributed by atoms with van der Waals surface area (Å²) in [5.41, 5.74) is 0.413. The summed E-state index contributed by atoms with van der Waals surface area (Å²) < 4.78 is 13.0. The Labute approximate surface area is 132 Å². The molecule has 2 heterocycles. The monoisotopic (exact) mass is 329 g/mol. The molecule has 0 amide bonds. The number of hydrogen-bond acceptors (Lipinski definition) is 7. The molecule has 114 valence electrons.